The van der Waals surface area contributed by atoms with Crippen LogP contribution in [-0.2, 0) is 19.1 Å². The Labute approximate surface area is 151 Å². The first-order valence-electron chi connectivity index (χ1n) is 8.21. The zero-order valence-corrected chi connectivity index (χ0v) is 15.0. The molecule has 0 unspecified atom stereocenters. The van der Waals surface area contributed by atoms with Gasteiger partial charge in [0.1, 0.15) is 0 Å². The average molecular weight is 362 g/mol. The smallest absolute Gasteiger partial charge is 0.340 e. The lowest BCUT2D eigenvalue weighted by Crippen LogP contribution is -2.33. The van der Waals surface area contributed by atoms with E-state index in [2.05, 4.69) is 0 Å². The molecule has 6 heteroatoms. The molecule has 1 aromatic rings. The predicted octanol–water partition coefficient (Wildman–Crippen LogP) is 3.19. The Morgan fingerprint density at radius 1 is 1.40 bits per heavy atom. The first-order chi connectivity index (χ1) is 12.0. The topological polar surface area (TPSA) is 55.8 Å². The maximum atomic E-state index is 12.9. The molecule has 0 saturated carbocycles. The Kier molecular flexibility index (Phi) is 5.25. The van der Waals surface area contributed by atoms with E-state index >= 15 is 0 Å². The SMILES string of the molecule is COC(=O)C1=C(C)N(C[C@H]2CCCO2)C(=O)/C1=C\c1ccc(Cl)cc1. The van der Waals surface area contributed by atoms with Crippen LogP contribution in [0.4, 0.5) is 0 Å². The standard InChI is InChI=1S/C19H20ClNO4/c1-12-17(19(23)24-2)16(10-13-5-7-14(20)8-6-13)18(22)21(12)11-15-4-3-9-25-15/h5-8,10,15H,3-4,9,11H2,1-2H3/b16-10-/t15-/m1/s1. The van der Waals surface area contributed by atoms with Gasteiger partial charge in [-0.25, -0.2) is 4.79 Å². The quantitative estimate of drug-likeness (QED) is 0.610. The number of carbonyl (C=O) groups is 2. The molecule has 0 aliphatic carbocycles. The van der Waals surface area contributed by atoms with Crippen molar-refractivity contribution < 1.29 is 19.1 Å². The molecule has 0 aromatic heterocycles. The van der Waals surface area contributed by atoms with E-state index in [9.17, 15) is 9.59 Å². The average Bonchev–Trinajstić information content (AvgIpc) is 3.19. The van der Waals surface area contributed by atoms with Crippen LogP contribution in [0.3, 0.4) is 0 Å². The Bertz CT molecular complexity index is 745. The molecule has 0 radical (unpaired) electrons. The van der Waals surface area contributed by atoms with Gasteiger partial charge in [-0.2, -0.15) is 0 Å². The highest BCUT2D eigenvalue weighted by Gasteiger charge is 2.38. The molecule has 0 N–H and O–H groups in total. The van der Waals surface area contributed by atoms with Gasteiger partial charge >= 0.3 is 5.97 Å². The van der Waals surface area contributed by atoms with Crippen molar-refractivity contribution in [2.45, 2.75) is 25.9 Å². The summed E-state index contributed by atoms with van der Waals surface area (Å²) < 4.78 is 10.5. The first kappa shape index (κ1) is 17.7. The largest absolute Gasteiger partial charge is 0.465 e. The van der Waals surface area contributed by atoms with Gasteiger partial charge in [0, 0.05) is 17.3 Å². The number of nitrogens with zero attached hydrogens (tertiary/aromatic N) is 1. The lowest BCUT2D eigenvalue weighted by Gasteiger charge is -2.21. The van der Waals surface area contributed by atoms with Gasteiger partial charge in [0.15, 0.2) is 0 Å². The van der Waals surface area contributed by atoms with Crippen molar-refractivity contribution in [1.29, 1.82) is 0 Å². The third-order valence-electron chi connectivity index (χ3n) is 4.49. The maximum absolute atomic E-state index is 12.9. The van der Waals surface area contributed by atoms with E-state index in [1.165, 1.54) is 7.11 Å². The Hall–Kier alpha value is -2.11. The Morgan fingerprint density at radius 3 is 2.72 bits per heavy atom. The summed E-state index contributed by atoms with van der Waals surface area (Å²) in [6.07, 6.45) is 3.62. The number of hydrogen-bond acceptors (Lipinski definition) is 4. The molecule has 2 aliphatic heterocycles. The molecule has 3 rings (SSSR count). The predicted molar refractivity (Wildman–Crippen MR) is 94.8 cm³/mol. The van der Waals surface area contributed by atoms with Crippen molar-refractivity contribution in [2.24, 2.45) is 0 Å². The highest BCUT2D eigenvalue weighted by atomic mass is 35.5. The molecule has 1 saturated heterocycles. The van der Waals surface area contributed by atoms with Crippen LogP contribution in [0.25, 0.3) is 6.08 Å². The van der Waals surface area contributed by atoms with Gasteiger partial charge in [-0.3, -0.25) is 4.79 Å². The minimum absolute atomic E-state index is 0.00711. The summed E-state index contributed by atoms with van der Waals surface area (Å²) >= 11 is 5.91. The van der Waals surface area contributed by atoms with E-state index in [-0.39, 0.29) is 12.0 Å². The fourth-order valence-corrected chi connectivity index (χ4v) is 3.29. The van der Waals surface area contributed by atoms with Gasteiger partial charge in [0.25, 0.3) is 5.91 Å². The molecule has 1 atom stereocenters. The van der Waals surface area contributed by atoms with E-state index in [1.54, 1.807) is 42.2 Å². The van der Waals surface area contributed by atoms with Gasteiger partial charge in [0.2, 0.25) is 0 Å². The molecule has 2 heterocycles. The van der Waals surface area contributed by atoms with Crippen LogP contribution in [0.5, 0.6) is 0 Å². The molecule has 1 amide bonds. The maximum Gasteiger partial charge on any atom is 0.340 e. The zero-order chi connectivity index (χ0) is 18.0. The first-order valence-corrected chi connectivity index (χ1v) is 8.59. The molecule has 0 bridgehead atoms. The van der Waals surface area contributed by atoms with Crippen LogP contribution in [-0.4, -0.2) is 43.1 Å². The summed E-state index contributed by atoms with van der Waals surface area (Å²) in [4.78, 5) is 26.8. The van der Waals surface area contributed by atoms with Crippen molar-refractivity contribution in [3.8, 4) is 0 Å². The number of allylic oxidation sites excluding steroid dienone is 1. The fourth-order valence-electron chi connectivity index (χ4n) is 3.17. The van der Waals surface area contributed by atoms with Crippen LogP contribution in [0, 0.1) is 0 Å². The molecule has 2 aliphatic rings. The minimum Gasteiger partial charge on any atom is -0.465 e. The molecule has 1 fully saturated rings. The lowest BCUT2D eigenvalue weighted by molar-refractivity contribution is -0.136. The van der Waals surface area contributed by atoms with Gasteiger partial charge in [-0.05, 0) is 43.5 Å². The number of esters is 1. The fraction of sp³-hybridized carbons (Fsp3) is 0.368. The van der Waals surface area contributed by atoms with Crippen LogP contribution in [0.15, 0.2) is 41.1 Å². The second-order valence-electron chi connectivity index (χ2n) is 6.11. The second-order valence-corrected chi connectivity index (χ2v) is 6.55. The molecule has 132 valence electrons. The van der Waals surface area contributed by atoms with Crippen molar-refractivity contribution >= 4 is 29.6 Å². The molecule has 0 spiro atoms. The van der Waals surface area contributed by atoms with E-state index < -0.39 is 5.97 Å². The molecule has 1 aromatic carbocycles. The number of halogens is 1. The number of ether oxygens (including phenoxy) is 2. The third-order valence-corrected chi connectivity index (χ3v) is 4.74. The van der Waals surface area contributed by atoms with E-state index in [0.29, 0.717) is 35.0 Å². The van der Waals surface area contributed by atoms with Crippen LogP contribution in [0.1, 0.15) is 25.3 Å². The van der Waals surface area contributed by atoms with Gasteiger partial charge in [-0.15, -0.1) is 0 Å². The van der Waals surface area contributed by atoms with Crippen LogP contribution < -0.4 is 0 Å². The number of hydrogen-bond donors (Lipinski definition) is 0. The normalized spacial score (nSPS) is 22.2. The molecular weight excluding hydrogens is 342 g/mol. The third kappa shape index (κ3) is 3.62. The highest BCUT2D eigenvalue weighted by molar-refractivity contribution is 6.30. The van der Waals surface area contributed by atoms with Crippen LogP contribution >= 0.6 is 11.6 Å². The van der Waals surface area contributed by atoms with Gasteiger partial charge in [-0.1, -0.05) is 23.7 Å². The summed E-state index contributed by atoms with van der Waals surface area (Å²) in [5.74, 6) is -0.718. The number of rotatable bonds is 4. The zero-order valence-electron chi connectivity index (χ0n) is 14.3. The Balaban J connectivity index is 1.96. The molecule has 25 heavy (non-hydrogen) atoms. The number of amides is 1. The van der Waals surface area contributed by atoms with Gasteiger partial charge in [0.05, 0.1) is 30.9 Å². The van der Waals surface area contributed by atoms with E-state index in [4.69, 9.17) is 21.1 Å². The number of benzene rings is 1. The summed E-state index contributed by atoms with van der Waals surface area (Å²) in [5, 5.41) is 0.611. The Morgan fingerprint density at radius 2 is 2.12 bits per heavy atom. The number of methoxy groups -OCH3 is 1. The monoisotopic (exact) mass is 361 g/mol. The van der Waals surface area contributed by atoms with Crippen molar-refractivity contribution in [1.82, 2.24) is 4.90 Å². The van der Waals surface area contributed by atoms with Crippen LogP contribution in [0.2, 0.25) is 5.02 Å². The summed E-state index contributed by atoms with van der Waals surface area (Å²) in [6.45, 7) is 2.93. The molecular formula is C19H20ClNO4. The summed E-state index contributed by atoms with van der Waals surface area (Å²) in [5.41, 5.74) is 2.04. The van der Waals surface area contributed by atoms with E-state index in [0.717, 1.165) is 18.4 Å². The van der Waals surface area contributed by atoms with E-state index in [1.807, 2.05) is 0 Å². The highest BCUT2D eigenvalue weighted by Crippen LogP contribution is 2.32. The minimum atomic E-state index is -0.513. The second kappa shape index (κ2) is 7.42. The molecule has 5 nitrogen and oxygen atoms in total. The van der Waals surface area contributed by atoms with Crippen molar-refractivity contribution in [3.63, 3.8) is 0 Å². The lowest BCUT2D eigenvalue weighted by atomic mass is 10.0. The number of carbonyl (C=O) groups excluding carboxylic acids is 2. The summed E-state index contributed by atoms with van der Waals surface area (Å²) in [6, 6.07) is 7.09. The van der Waals surface area contributed by atoms with Crippen molar-refractivity contribution in [3.05, 3.63) is 51.7 Å². The van der Waals surface area contributed by atoms with Gasteiger partial charge < -0.3 is 14.4 Å². The summed E-state index contributed by atoms with van der Waals surface area (Å²) in [7, 11) is 1.32. The van der Waals surface area contributed by atoms with Crippen molar-refractivity contribution in [2.75, 3.05) is 20.3 Å².